The molecule has 1 radical (unpaired) electrons. The van der Waals surface area contributed by atoms with Gasteiger partial charge in [0.2, 0.25) is 0 Å². The Kier molecular flexibility index (Phi) is 1.75. The van der Waals surface area contributed by atoms with Crippen molar-refractivity contribution in [3.05, 3.63) is 24.3 Å². The monoisotopic (exact) mass is 139 g/mol. The summed E-state index contributed by atoms with van der Waals surface area (Å²) in [5.41, 5.74) is 5.97. The fourth-order valence-electron chi connectivity index (χ4n) is 0.474. The molecule has 9 heavy (non-hydrogen) atoms. The van der Waals surface area contributed by atoms with Gasteiger partial charge in [0.25, 0.3) is 4.90 Å². The minimum atomic E-state index is 0.416. The SMILES string of the molecule is Nc1c[c]c([S+]=O)cc1. The Morgan fingerprint density at radius 2 is 2.33 bits per heavy atom. The summed E-state index contributed by atoms with van der Waals surface area (Å²) < 4.78 is 10.1. The molecule has 0 saturated carbocycles. The van der Waals surface area contributed by atoms with Crippen LogP contribution in [0, 0.1) is 6.07 Å². The van der Waals surface area contributed by atoms with E-state index in [-0.39, 0.29) is 0 Å². The largest absolute Gasteiger partial charge is 0.505 e. The fraction of sp³-hybridized carbons (Fsp3) is 0. The van der Waals surface area contributed by atoms with E-state index in [1.54, 1.807) is 18.2 Å². The summed E-state index contributed by atoms with van der Waals surface area (Å²) in [5.74, 6) is 0. The molecule has 0 fully saturated rings. The Morgan fingerprint density at radius 1 is 1.56 bits per heavy atom. The summed E-state index contributed by atoms with van der Waals surface area (Å²) in [7, 11) is 0. The zero-order valence-corrected chi connectivity index (χ0v) is 5.44. The van der Waals surface area contributed by atoms with Crippen molar-refractivity contribution in [2.24, 2.45) is 0 Å². The summed E-state index contributed by atoms with van der Waals surface area (Å²) in [6, 6.07) is 7.62. The van der Waals surface area contributed by atoms with Gasteiger partial charge in [0, 0.05) is 16.0 Å². The Balaban J connectivity index is 3.01. The second-order valence-electron chi connectivity index (χ2n) is 1.57. The van der Waals surface area contributed by atoms with Gasteiger partial charge in [0.05, 0.1) is 6.07 Å². The maximum Gasteiger partial charge on any atom is 0.505 e. The van der Waals surface area contributed by atoms with Crippen molar-refractivity contribution in [3.63, 3.8) is 0 Å². The molecule has 3 heteroatoms. The Morgan fingerprint density at radius 3 is 2.78 bits per heavy atom. The zero-order valence-electron chi connectivity index (χ0n) is 4.63. The van der Waals surface area contributed by atoms with Crippen molar-refractivity contribution < 1.29 is 4.21 Å². The van der Waals surface area contributed by atoms with Crippen LogP contribution in [0.25, 0.3) is 0 Å². The van der Waals surface area contributed by atoms with Gasteiger partial charge >= 0.3 is 11.7 Å². The van der Waals surface area contributed by atoms with E-state index in [1.165, 1.54) is 0 Å². The minimum Gasteiger partial charge on any atom is -0.399 e. The highest BCUT2D eigenvalue weighted by Crippen LogP contribution is 2.03. The van der Waals surface area contributed by atoms with E-state index in [4.69, 9.17) is 5.73 Å². The van der Waals surface area contributed by atoms with Crippen LogP contribution in [0.4, 0.5) is 5.69 Å². The van der Waals surface area contributed by atoms with E-state index in [2.05, 4.69) is 6.07 Å². The molecule has 0 spiro atoms. The van der Waals surface area contributed by atoms with Crippen molar-refractivity contribution in [2.75, 3.05) is 5.73 Å². The molecule has 0 aromatic heterocycles. The van der Waals surface area contributed by atoms with Crippen LogP contribution in [0.3, 0.4) is 0 Å². The van der Waals surface area contributed by atoms with Crippen molar-refractivity contribution in [2.45, 2.75) is 4.90 Å². The van der Waals surface area contributed by atoms with Crippen molar-refractivity contribution >= 4 is 17.4 Å². The first-order valence-electron chi connectivity index (χ1n) is 2.40. The molecule has 0 aliphatic rings. The molecule has 1 rings (SSSR count). The van der Waals surface area contributed by atoms with E-state index in [0.717, 1.165) is 0 Å². The molecule has 2 nitrogen and oxygen atoms in total. The maximum atomic E-state index is 10.1. The van der Waals surface area contributed by atoms with Gasteiger partial charge in [-0.25, -0.2) is 0 Å². The van der Waals surface area contributed by atoms with E-state index in [1.807, 2.05) is 0 Å². The van der Waals surface area contributed by atoms with E-state index in [9.17, 15) is 4.21 Å². The lowest BCUT2D eigenvalue weighted by Gasteiger charge is -1.82. The summed E-state index contributed by atoms with van der Waals surface area (Å²) in [6.45, 7) is 0. The fourth-order valence-corrected chi connectivity index (χ4v) is 0.705. The molecule has 0 amide bonds. The highest BCUT2D eigenvalue weighted by molar-refractivity contribution is 7.65. The van der Waals surface area contributed by atoms with Gasteiger partial charge < -0.3 is 5.73 Å². The van der Waals surface area contributed by atoms with Gasteiger partial charge in [-0.05, 0) is 12.1 Å². The van der Waals surface area contributed by atoms with Crippen LogP contribution in [-0.4, -0.2) is 0 Å². The Bertz CT molecular complexity index is 207. The van der Waals surface area contributed by atoms with Crippen LogP contribution >= 0.6 is 0 Å². The third kappa shape index (κ3) is 1.47. The van der Waals surface area contributed by atoms with Gasteiger partial charge in [0.15, 0.2) is 0 Å². The van der Waals surface area contributed by atoms with E-state index < -0.39 is 0 Å². The average Bonchev–Trinajstić information content (AvgIpc) is 1.90. The number of hydrogen-bond acceptors (Lipinski definition) is 2. The summed E-state index contributed by atoms with van der Waals surface area (Å²) in [4.78, 5) is 0.573. The van der Waals surface area contributed by atoms with Crippen LogP contribution in [0.1, 0.15) is 0 Å². The summed E-state index contributed by atoms with van der Waals surface area (Å²) in [6.07, 6.45) is 0. The van der Waals surface area contributed by atoms with Crippen molar-refractivity contribution in [1.82, 2.24) is 0 Å². The molecule has 45 valence electrons. The lowest BCUT2D eigenvalue weighted by atomic mass is 10.3. The van der Waals surface area contributed by atoms with Gasteiger partial charge in [-0.2, -0.15) is 0 Å². The second kappa shape index (κ2) is 2.55. The minimum absolute atomic E-state index is 0.416. The van der Waals surface area contributed by atoms with Gasteiger partial charge in [-0.1, -0.05) is 0 Å². The number of anilines is 1. The molecule has 0 bridgehead atoms. The molecule has 2 N–H and O–H groups in total. The third-order valence-corrected chi connectivity index (χ3v) is 1.33. The number of hydrogen-bond donors (Lipinski definition) is 1. The zero-order chi connectivity index (χ0) is 6.69. The number of rotatable bonds is 1. The first kappa shape index (κ1) is 6.16. The quantitative estimate of drug-likeness (QED) is 0.463. The highest BCUT2D eigenvalue weighted by Gasteiger charge is 2.02. The van der Waals surface area contributed by atoms with Gasteiger partial charge in [0.1, 0.15) is 0 Å². The molecule has 0 heterocycles. The van der Waals surface area contributed by atoms with Crippen molar-refractivity contribution in [1.29, 1.82) is 0 Å². The van der Waals surface area contributed by atoms with Crippen molar-refractivity contribution in [3.8, 4) is 0 Å². The molecule has 0 unspecified atom stereocenters. The molecule has 0 aliphatic carbocycles. The predicted molar refractivity (Wildman–Crippen MR) is 36.0 cm³/mol. The topological polar surface area (TPSA) is 43.1 Å². The Labute approximate surface area is 57.2 Å². The lowest BCUT2D eigenvalue weighted by Crippen LogP contribution is -1.82. The number of nitrogens with two attached hydrogens (primary N) is 1. The lowest BCUT2D eigenvalue weighted by molar-refractivity contribution is 0.605. The molecule has 0 aliphatic heterocycles. The highest BCUT2D eigenvalue weighted by atomic mass is 32.1. The Hall–Kier alpha value is -0.960. The van der Waals surface area contributed by atoms with Crippen LogP contribution in [0.15, 0.2) is 23.1 Å². The van der Waals surface area contributed by atoms with Gasteiger partial charge in [-0.15, -0.1) is 0 Å². The molecule has 1 aromatic rings. The first-order chi connectivity index (χ1) is 4.33. The standard InChI is InChI=1S/C6H5NOS/c7-5-1-3-6(9-8)4-2-5/h1-3H,7H2/q+1. The van der Waals surface area contributed by atoms with Crippen LogP contribution in [0.5, 0.6) is 0 Å². The van der Waals surface area contributed by atoms with E-state index in [0.29, 0.717) is 22.2 Å². The summed E-state index contributed by atoms with van der Waals surface area (Å²) >= 11 is 0.416. The van der Waals surface area contributed by atoms with Crippen LogP contribution < -0.4 is 5.73 Å². The molecular weight excluding hydrogens is 134 g/mol. The maximum absolute atomic E-state index is 10.1. The predicted octanol–water partition coefficient (Wildman–Crippen LogP) is 0.856. The third-order valence-electron chi connectivity index (χ3n) is 0.898. The first-order valence-corrected chi connectivity index (χ1v) is 3.14. The van der Waals surface area contributed by atoms with Crippen LogP contribution in [-0.2, 0) is 15.9 Å². The molecule has 0 saturated heterocycles. The number of benzene rings is 1. The molecule has 1 aromatic carbocycles. The van der Waals surface area contributed by atoms with Crippen LogP contribution in [0.2, 0.25) is 0 Å². The average molecular weight is 139 g/mol. The molecule has 0 atom stereocenters. The normalized spacial score (nSPS) is 8.89. The summed E-state index contributed by atoms with van der Waals surface area (Å²) in [5, 5.41) is 0. The molecular formula is C6H5NOS+. The van der Waals surface area contributed by atoms with Gasteiger partial charge in [-0.3, -0.25) is 0 Å². The smallest absolute Gasteiger partial charge is 0.399 e. The van der Waals surface area contributed by atoms with E-state index >= 15 is 0 Å². The number of nitrogen functional groups attached to an aromatic ring is 1. The second-order valence-corrected chi connectivity index (χ2v) is 2.18.